The molecule has 10 heteroatoms. The van der Waals surface area contributed by atoms with Crippen LogP contribution in [-0.4, -0.2) is 47.4 Å². The second kappa shape index (κ2) is 10.1. The van der Waals surface area contributed by atoms with Crippen LogP contribution in [0.15, 0.2) is 53.4 Å². The van der Waals surface area contributed by atoms with Gasteiger partial charge in [-0.25, -0.2) is 13.2 Å². The number of hydrogen-bond donors (Lipinski definition) is 1. The summed E-state index contributed by atoms with van der Waals surface area (Å²) in [4.78, 5) is 26.4. The summed E-state index contributed by atoms with van der Waals surface area (Å²) >= 11 is 1.16. The number of sulfone groups is 1. The van der Waals surface area contributed by atoms with E-state index in [-0.39, 0.29) is 27.6 Å². The van der Waals surface area contributed by atoms with Gasteiger partial charge in [0.25, 0.3) is 5.91 Å². The van der Waals surface area contributed by atoms with Crippen molar-refractivity contribution in [3.63, 3.8) is 0 Å². The summed E-state index contributed by atoms with van der Waals surface area (Å²) in [7, 11) is -0.419. The summed E-state index contributed by atoms with van der Waals surface area (Å²) in [5.41, 5.74) is 1.16. The lowest BCUT2D eigenvalue weighted by Gasteiger charge is -2.08. The van der Waals surface area contributed by atoms with Crippen LogP contribution in [0, 0.1) is 0 Å². The van der Waals surface area contributed by atoms with Gasteiger partial charge < -0.3 is 19.5 Å². The maximum Gasteiger partial charge on any atom is 0.350 e. The Hall–Kier alpha value is -3.37. The van der Waals surface area contributed by atoms with Crippen LogP contribution in [0.25, 0.3) is 10.4 Å². The molecule has 3 aromatic rings. The van der Waals surface area contributed by atoms with E-state index >= 15 is 0 Å². The Kier molecular flexibility index (Phi) is 7.39. The number of anilines is 1. The van der Waals surface area contributed by atoms with Crippen molar-refractivity contribution in [3.05, 3.63) is 59.0 Å². The number of ether oxygens (including phenoxy) is 3. The maximum atomic E-state index is 12.9. The number of esters is 1. The molecule has 0 unspecified atom stereocenters. The van der Waals surface area contributed by atoms with Crippen LogP contribution >= 0.6 is 11.3 Å². The van der Waals surface area contributed by atoms with Crippen molar-refractivity contribution in [2.75, 3.05) is 32.4 Å². The summed E-state index contributed by atoms with van der Waals surface area (Å²) < 4.78 is 39.4. The molecule has 0 fully saturated rings. The van der Waals surface area contributed by atoms with E-state index in [1.165, 1.54) is 38.5 Å². The first kappa shape index (κ1) is 24.3. The Morgan fingerprint density at radius 3 is 2.36 bits per heavy atom. The molecule has 0 saturated heterocycles. The van der Waals surface area contributed by atoms with Gasteiger partial charge in [-0.15, -0.1) is 11.3 Å². The van der Waals surface area contributed by atoms with Crippen molar-refractivity contribution in [1.29, 1.82) is 0 Å². The van der Waals surface area contributed by atoms with E-state index in [0.717, 1.165) is 23.2 Å². The quantitative estimate of drug-likeness (QED) is 0.471. The largest absolute Gasteiger partial charge is 0.493 e. The van der Waals surface area contributed by atoms with E-state index < -0.39 is 21.7 Å². The fourth-order valence-corrected chi connectivity index (χ4v) is 4.70. The smallest absolute Gasteiger partial charge is 0.350 e. The van der Waals surface area contributed by atoms with Gasteiger partial charge in [-0.1, -0.05) is 6.07 Å². The summed E-state index contributed by atoms with van der Waals surface area (Å²) in [5.74, 6) is -0.0518. The van der Waals surface area contributed by atoms with Crippen LogP contribution in [-0.2, 0) is 14.6 Å². The van der Waals surface area contributed by atoms with E-state index in [9.17, 15) is 18.0 Å². The molecule has 0 aliphatic carbocycles. The number of rotatable bonds is 8. The second-order valence-electron chi connectivity index (χ2n) is 6.90. The Morgan fingerprint density at radius 1 is 1.00 bits per heavy atom. The first-order valence-electron chi connectivity index (χ1n) is 9.82. The highest BCUT2D eigenvalue weighted by Crippen LogP contribution is 2.39. The number of hydrogen-bond acceptors (Lipinski definition) is 8. The van der Waals surface area contributed by atoms with Crippen molar-refractivity contribution >= 4 is 38.7 Å². The topological polar surface area (TPSA) is 108 Å². The molecule has 3 rings (SSSR count). The van der Waals surface area contributed by atoms with E-state index in [0.29, 0.717) is 16.4 Å². The average molecular weight is 490 g/mol. The van der Waals surface area contributed by atoms with Crippen molar-refractivity contribution < 1.29 is 32.2 Å². The van der Waals surface area contributed by atoms with Crippen molar-refractivity contribution in [3.8, 4) is 21.9 Å². The van der Waals surface area contributed by atoms with Crippen LogP contribution in [0.4, 0.5) is 5.69 Å². The van der Waals surface area contributed by atoms with Crippen LogP contribution in [0.3, 0.4) is 0 Å². The first-order valence-corrected chi connectivity index (χ1v) is 12.5. The lowest BCUT2D eigenvalue weighted by atomic mass is 10.1. The number of carbonyl (C=O) groups excluding carboxylic acids is 2. The summed E-state index contributed by atoms with van der Waals surface area (Å²) in [6.45, 7) is 1.86. The predicted octanol–water partition coefficient (Wildman–Crippen LogP) is 4.26. The van der Waals surface area contributed by atoms with Gasteiger partial charge in [0.05, 0.1) is 31.4 Å². The molecular weight excluding hydrogens is 466 g/mol. The summed E-state index contributed by atoms with van der Waals surface area (Å²) in [6, 6.07) is 12.7. The Bertz CT molecular complexity index is 1300. The monoisotopic (exact) mass is 489 g/mol. The zero-order valence-corrected chi connectivity index (χ0v) is 20.1. The van der Waals surface area contributed by atoms with Gasteiger partial charge in [-0.05, 0) is 55.0 Å². The molecule has 33 heavy (non-hydrogen) atoms. The number of carbonyl (C=O) groups is 2. The lowest BCUT2D eigenvalue weighted by Crippen LogP contribution is -2.15. The Balaban J connectivity index is 2.00. The van der Waals surface area contributed by atoms with Gasteiger partial charge in [0.15, 0.2) is 21.3 Å². The molecule has 174 valence electrons. The fourth-order valence-electron chi connectivity index (χ4n) is 3.03. The third-order valence-corrected chi connectivity index (χ3v) is 6.91. The van der Waals surface area contributed by atoms with Gasteiger partial charge >= 0.3 is 5.97 Å². The highest BCUT2D eigenvalue weighted by molar-refractivity contribution is 7.90. The minimum Gasteiger partial charge on any atom is -0.493 e. The van der Waals surface area contributed by atoms with E-state index in [2.05, 4.69) is 5.32 Å². The first-order chi connectivity index (χ1) is 15.7. The molecule has 8 nitrogen and oxygen atoms in total. The number of methoxy groups -OCH3 is 2. The summed E-state index contributed by atoms with van der Waals surface area (Å²) in [5, 5.41) is 2.71. The molecule has 1 aromatic heterocycles. The van der Waals surface area contributed by atoms with Crippen LogP contribution in [0.1, 0.15) is 27.0 Å². The third kappa shape index (κ3) is 5.52. The van der Waals surface area contributed by atoms with E-state index in [4.69, 9.17) is 14.2 Å². The summed E-state index contributed by atoms with van der Waals surface area (Å²) in [6.07, 6.45) is 1.07. The zero-order chi connectivity index (χ0) is 24.2. The number of nitrogens with one attached hydrogen (secondary N) is 1. The highest BCUT2D eigenvalue weighted by Gasteiger charge is 2.22. The number of thiophene rings is 1. The second-order valence-corrected chi connectivity index (χ2v) is 9.97. The Labute approximate surface area is 196 Å². The molecule has 0 spiro atoms. The maximum absolute atomic E-state index is 12.9. The van der Waals surface area contributed by atoms with E-state index in [1.807, 2.05) is 6.07 Å². The molecule has 1 N–H and O–H groups in total. The van der Waals surface area contributed by atoms with Crippen LogP contribution < -0.4 is 14.8 Å². The SMILES string of the molecule is CCOC(=O)c1sc(-c2ccc(OC)c(OC)c2)cc1NC(=O)c1cccc(S(C)(=O)=O)c1. The van der Waals surface area contributed by atoms with Crippen molar-refractivity contribution in [1.82, 2.24) is 0 Å². The van der Waals surface area contributed by atoms with Gasteiger partial charge in [-0.2, -0.15) is 0 Å². The minimum atomic E-state index is -3.48. The lowest BCUT2D eigenvalue weighted by molar-refractivity contribution is 0.0533. The molecule has 0 aliphatic heterocycles. The molecule has 0 saturated carbocycles. The van der Waals surface area contributed by atoms with Crippen LogP contribution in [0.2, 0.25) is 0 Å². The molecule has 0 atom stereocenters. The van der Waals surface area contributed by atoms with Gasteiger partial charge in [0.2, 0.25) is 0 Å². The van der Waals surface area contributed by atoms with E-state index in [1.54, 1.807) is 25.1 Å². The highest BCUT2D eigenvalue weighted by atomic mass is 32.2. The number of amides is 1. The number of benzene rings is 2. The van der Waals surface area contributed by atoms with Crippen LogP contribution in [0.5, 0.6) is 11.5 Å². The van der Waals surface area contributed by atoms with Gasteiger partial charge in [-0.3, -0.25) is 4.79 Å². The van der Waals surface area contributed by atoms with Gasteiger partial charge in [0.1, 0.15) is 4.88 Å². The molecule has 0 radical (unpaired) electrons. The predicted molar refractivity (Wildman–Crippen MR) is 126 cm³/mol. The molecular formula is C23H23NO7S2. The Morgan fingerprint density at radius 2 is 1.73 bits per heavy atom. The molecule has 1 amide bonds. The van der Waals surface area contributed by atoms with Gasteiger partial charge in [0, 0.05) is 16.7 Å². The normalized spacial score (nSPS) is 11.0. The minimum absolute atomic E-state index is 0.0251. The fraction of sp³-hybridized carbons (Fsp3) is 0.217. The standard InChI is InChI=1S/C23H23NO7S2/c1-5-31-23(26)21-17(24-22(25)15-7-6-8-16(11-15)33(4,27)28)13-20(32-21)14-9-10-18(29-2)19(12-14)30-3/h6-13H,5H2,1-4H3,(H,24,25). The molecule has 2 aromatic carbocycles. The van der Waals surface area contributed by atoms with Crippen molar-refractivity contribution in [2.24, 2.45) is 0 Å². The molecule has 0 bridgehead atoms. The average Bonchev–Trinajstić information content (AvgIpc) is 3.22. The molecule has 0 aliphatic rings. The third-order valence-electron chi connectivity index (χ3n) is 4.63. The van der Waals surface area contributed by atoms with Crippen molar-refractivity contribution in [2.45, 2.75) is 11.8 Å². The zero-order valence-electron chi connectivity index (χ0n) is 18.5. The molecule has 1 heterocycles.